The summed E-state index contributed by atoms with van der Waals surface area (Å²) in [5.41, 5.74) is 4.22. The molecule has 2 aliphatic rings. The Morgan fingerprint density at radius 3 is 2.60 bits per heavy atom. The fourth-order valence-electron chi connectivity index (χ4n) is 4.43. The summed E-state index contributed by atoms with van der Waals surface area (Å²) in [7, 11) is 0. The van der Waals surface area contributed by atoms with E-state index in [1.807, 2.05) is 12.3 Å². The molecule has 1 aliphatic carbocycles. The normalized spacial score (nSPS) is 21.2. The number of thioether (sulfide) groups is 1. The van der Waals surface area contributed by atoms with Gasteiger partial charge in [0.2, 0.25) is 5.95 Å². The summed E-state index contributed by atoms with van der Waals surface area (Å²) in [5, 5.41) is 9.06. The Kier molecular flexibility index (Phi) is 7.15. The summed E-state index contributed by atoms with van der Waals surface area (Å²) in [5.74, 6) is 0.151. The molecule has 3 N–H and O–H groups in total. The number of hydrogen-bond donors (Lipinski definition) is 3. The van der Waals surface area contributed by atoms with Crippen molar-refractivity contribution >= 4 is 34.9 Å². The fourth-order valence-corrected chi connectivity index (χ4v) is 5.10. The van der Waals surface area contributed by atoms with Crippen LogP contribution in [0.2, 0.25) is 0 Å². The van der Waals surface area contributed by atoms with Crippen molar-refractivity contribution in [2.45, 2.75) is 44.3 Å². The Morgan fingerprint density at radius 1 is 1.00 bits per heavy atom. The van der Waals surface area contributed by atoms with Gasteiger partial charge in [0.25, 0.3) is 11.1 Å². The molecule has 2 fully saturated rings. The van der Waals surface area contributed by atoms with Gasteiger partial charge in [0.15, 0.2) is 0 Å². The highest BCUT2D eigenvalue weighted by Gasteiger charge is 2.25. The van der Waals surface area contributed by atoms with Crippen molar-refractivity contribution in [3.63, 3.8) is 0 Å². The van der Waals surface area contributed by atoms with Gasteiger partial charge in [0.1, 0.15) is 0 Å². The van der Waals surface area contributed by atoms with Crippen molar-refractivity contribution < 1.29 is 9.59 Å². The first-order chi connectivity index (χ1) is 17.1. The summed E-state index contributed by atoms with van der Waals surface area (Å²) in [4.78, 5) is 36.6. The van der Waals surface area contributed by atoms with Crippen LogP contribution in [0, 0.1) is 0 Å². The van der Waals surface area contributed by atoms with Gasteiger partial charge < -0.3 is 10.6 Å². The van der Waals surface area contributed by atoms with Crippen LogP contribution >= 0.6 is 11.8 Å². The molecule has 8 nitrogen and oxygen atoms in total. The predicted octanol–water partition coefficient (Wildman–Crippen LogP) is 4.38. The molecule has 35 heavy (non-hydrogen) atoms. The van der Waals surface area contributed by atoms with Gasteiger partial charge in [-0.3, -0.25) is 19.9 Å². The zero-order valence-electron chi connectivity index (χ0n) is 19.1. The van der Waals surface area contributed by atoms with Crippen molar-refractivity contribution in [1.82, 2.24) is 25.6 Å². The summed E-state index contributed by atoms with van der Waals surface area (Å²) < 4.78 is 0. The van der Waals surface area contributed by atoms with Gasteiger partial charge in [0.05, 0.1) is 10.6 Å². The monoisotopic (exact) mass is 486 g/mol. The van der Waals surface area contributed by atoms with Gasteiger partial charge in [-0.15, -0.1) is 0 Å². The van der Waals surface area contributed by atoms with Gasteiger partial charge in [0, 0.05) is 42.8 Å². The number of nitrogens with zero attached hydrogens (tertiary/aromatic N) is 3. The Balaban J connectivity index is 1.14. The second-order valence-corrected chi connectivity index (χ2v) is 9.64. The third kappa shape index (κ3) is 5.93. The average Bonchev–Trinajstić information content (AvgIpc) is 3.20. The predicted molar refractivity (Wildman–Crippen MR) is 137 cm³/mol. The SMILES string of the molecule is O=C1NC(=O)/C(=C/c2ccnc(NC3CCC(NCc4ccccc4-c4cccnc4)CC3)n2)S1. The first-order valence-corrected chi connectivity index (χ1v) is 12.5. The highest BCUT2D eigenvalue weighted by atomic mass is 32.2. The van der Waals surface area contributed by atoms with Crippen LogP contribution in [-0.2, 0) is 11.3 Å². The maximum absolute atomic E-state index is 11.8. The van der Waals surface area contributed by atoms with Crippen molar-refractivity contribution in [3.8, 4) is 11.1 Å². The van der Waals surface area contributed by atoms with Crippen molar-refractivity contribution in [3.05, 3.63) is 77.2 Å². The van der Waals surface area contributed by atoms with Gasteiger partial charge in [-0.1, -0.05) is 30.3 Å². The van der Waals surface area contributed by atoms with Crippen molar-refractivity contribution in [1.29, 1.82) is 0 Å². The topological polar surface area (TPSA) is 109 Å². The van der Waals surface area contributed by atoms with Crippen molar-refractivity contribution in [2.75, 3.05) is 5.32 Å². The Hall–Kier alpha value is -3.56. The highest BCUT2D eigenvalue weighted by molar-refractivity contribution is 8.18. The van der Waals surface area contributed by atoms with E-state index >= 15 is 0 Å². The molecular weight excluding hydrogens is 460 g/mol. The van der Waals surface area contributed by atoms with Crippen LogP contribution < -0.4 is 16.0 Å². The lowest BCUT2D eigenvalue weighted by atomic mass is 9.91. The number of hydrogen-bond acceptors (Lipinski definition) is 8. The van der Waals surface area contributed by atoms with Crippen LogP contribution in [-0.4, -0.2) is 38.2 Å². The molecule has 5 rings (SSSR count). The number of benzene rings is 1. The number of nitrogens with one attached hydrogen (secondary N) is 3. The van der Waals surface area contributed by atoms with Gasteiger partial charge in [-0.25, -0.2) is 9.97 Å². The smallest absolute Gasteiger partial charge is 0.290 e. The van der Waals surface area contributed by atoms with Crippen LogP contribution in [0.4, 0.5) is 10.7 Å². The molecule has 178 valence electrons. The Bertz CT molecular complexity index is 1240. The molecule has 9 heteroatoms. The molecule has 0 bridgehead atoms. The maximum atomic E-state index is 11.8. The molecule has 0 unspecified atom stereocenters. The minimum atomic E-state index is -0.387. The van der Waals surface area contributed by atoms with Crippen molar-refractivity contribution in [2.24, 2.45) is 0 Å². The summed E-state index contributed by atoms with van der Waals surface area (Å²) >= 11 is 0.883. The molecule has 0 spiro atoms. The van der Waals surface area contributed by atoms with E-state index in [0.717, 1.165) is 49.6 Å². The van der Waals surface area contributed by atoms with E-state index in [0.29, 0.717) is 28.6 Å². The van der Waals surface area contributed by atoms with Crippen LogP contribution in [0.5, 0.6) is 0 Å². The number of aromatic nitrogens is 3. The van der Waals surface area contributed by atoms with E-state index in [1.165, 1.54) is 11.1 Å². The second kappa shape index (κ2) is 10.8. The molecule has 0 atom stereocenters. The lowest BCUT2D eigenvalue weighted by Gasteiger charge is -2.30. The highest BCUT2D eigenvalue weighted by Crippen LogP contribution is 2.27. The minimum Gasteiger partial charge on any atom is -0.351 e. The first-order valence-electron chi connectivity index (χ1n) is 11.7. The largest absolute Gasteiger partial charge is 0.351 e. The Labute approximate surface area is 208 Å². The minimum absolute atomic E-state index is 0.296. The van der Waals surface area contributed by atoms with Gasteiger partial charge in [-0.2, -0.15) is 0 Å². The van der Waals surface area contributed by atoms with Crippen LogP contribution in [0.1, 0.15) is 36.9 Å². The molecule has 2 amide bonds. The lowest BCUT2D eigenvalue weighted by molar-refractivity contribution is -0.115. The fraction of sp³-hybridized carbons (Fsp3) is 0.269. The molecular formula is C26H26N6O2S. The quantitative estimate of drug-likeness (QED) is 0.422. The number of amides is 2. The van der Waals surface area contributed by atoms with Crippen LogP contribution in [0.3, 0.4) is 0 Å². The standard InChI is InChI=1S/C26H26N6O2S/c33-24-23(35-26(34)32-24)14-21-11-13-28-25(31-21)30-20-9-7-19(8-10-20)29-16-18-4-1-2-6-22(18)17-5-3-12-27-15-17/h1-6,11-15,19-20,29H,7-10,16H2,(H,28,30,31)(H,32,33,34)/b23-14-. The third-order valence-corrected chi connectivity index (χ3v) is 7.04. The zero-order chi connectivity index (χ0) is 24.0. The summed E-state index contributed by atoms with van der Waals surface area (Å²) in [6, 6.07) is 15.0. The van der Waals surface area contributed by atoms with Gasteiger partial charge in [-0.05, 0) is 66.8 Å². The summed E-state index contributed by atoms with van der Waals surface area (Å²) in [6.45, 7) is 0.821. The number of carbonyl (C=O) groups excluding carboxylic acids is 2. The molecule has 2 aromatic heterocycles. The van der Waals surface area contributed by atoms with E-state index in [1.54, 1.807) is 24.5 Å². The second-order valence-electron chi connectivity index (χ2n) is 8.63. The van der Waals surface area contributed by atoms with E-state index in [4.69, 9.17) is 0 Å². The zero-order valence-corrected chi connectivity index (χ0v) is 19.9. The van der Waals surface area contributed by atoms with Gasteiger partial charge >= 0.3 is 0 Å². The number of imide groups is 1. The van der Waals surface area contributed by atoms with E-state index in [-0.39, 0.29) is 11.1 Å². The maximum Gasteiger partial charge on any atom is 0.290 e. The molecule has 1 aromatic carbocycles. The van der Waals surface area contributed by atoms with E-state index in [9.17, 15) is 9.59 Å². The Morgan fingerprint density at radius 2 is 1.83 bits per heavy atom. The number of carbonyl (C=O) groups is 2. The van der Waals surface area contributed by atoms with Crippen LogP contribution in [0.15, 0.2) is 66.0 Å². The number of anilines is 1. The molecule has 1 saturated carbocycles. The van der Waals surface area contributed by atoms with E-state index in [2.05, 4.69) is 61.2 Å². The summed E-state index contributed by atoms with van der Waals surface area (Å²) in [6.07, 6.45) is 11.1. The van der Waals surface area contributed by atoms with Crippen LogP contribution in [0.25, 0.3) is 17.2 Å². The third-order valence-electron chi connectivity index (χ3n) is 6.23. The lowest BCUT2D eigenvalue weighted by Crippen LogP contribution is -2.37. The molecule has 3 heterocycles. The molecule has 1 saturated heterocycles. The number of pyridine rings is 1. The molecule has 1 aliphatic heterocycles. The molecule has 3 aromatic rings. The average molecular weight is 487 g/mol. The van der Waals surface area contributed by atoms with E-state index < -0.39 is 0 Å². The number of rotatable bonds is 7. The molecule has 0 radical (unpaired) electrons. The first kappa shape index (κ1) is 23.2.